The smallest absolute Gasteiger partial charge is 0.387 e. The van der Waals surface area contributed by atoms with Crippen molar-refractivity contribution in [3.63, 3.8) is 0 Å². The Bertz CT molecular complexity index is 1150. The highest BCUT2D eigenvalue weighted by atomic mass is 19.3. The highest BCUT2D eigenvalue weighted by Gasteiger charge is 2.44. The molecule has 32 heavy (non-hydrogen) atoms. The molecule has 2 heterocycles. The first-order valence-electron chi connectivity index (χ1n) is 10.8. The Morgan fingerprint density at radius 1 is 1.31 bits per heavy atom. The maximum atomic E-state index is 14.0. The lowest BCUT2D eigenvalue weighted by Crippen LogP contribution is -2.53. The number of carbonyl (C=O) groups is 1. The number of pyridine rings is 1. The molecule has 0 amide bonds. The number of carboxylic acid groups (broad SMARTS) is 1. The largest absolute Gasteiger partial charge is 0.477 e. The van der Waals surface area contributed by atoms with Crippen molar-refractivity contribution in [2.24, 2.45) is 11.7 Å². The second-order valence-corrected chi connectivity index (χ2v) is 9.11. The van der Waals surface area contributed by atoms with Crippen LogP contribution in [0.3, 0.4) is 0 Å². The van der Waals surface area contributed by atoms with Gasteiger partial charge in [0, 0.05) is 31.2 Å². The molecule has 1 unspecified atom stereocenters. The van der Waals surface area contributed by atoms with E-state index in [0.29, 0.717) is 18.8 Å². The van der Waals surface area contributed by atoms with Crippen molar-refractivity contribution >= 4 is 22.6 Å². The maximum Gasteiger partial charge on any atom is 0.387 e. The van der Waals surface area contributed by atoms with Gasteiger partial charge in [-0.25, -0.2) is 9.18 Å². The number of hydrogen-bond acceptors (Lipinski definition) is 5. The van der Waals surface area contributed by atoms with Gasteiger partial charge in [0.05, 0.1) is 22.6 Å². The van der Waals surface area contributed by atoms with Crippen LogP contribution in [0.1, 0.15) is 48.5 Å². The predicted octanol–water partition coefficient (Wildman–Crippen LogP) is 3.29. The van der Waals surface area contributed by atoms with Gasteiger partial charge >= 0.3 is 12.6 Å². The van der Waals surface area contributed by atoms with Gasteiger partial charge in [0.2, 0.25) is 5.43 Å². The standard InChI is InChI=1S/C22H24F3N3O4/c23-14-8-16(14)28-10-13(20(30)31)18(29)12-2-3-15(19(17(12)28)32-21(24)25)27-7-4-11(9-27)22(26)5-1-6-22/h2-3,10-11,14,16,21H,1,4-9,26H2,(H,30,31)/t11-,14+,16?/m1/s1. The molecule has 5 rings (SSSR count). The fourth-order valence-electron chi connectivity index (χ4n) is 5.16. The van der Waals surface area contributed by atoms with Crippen molar-refractivity contribution < 1.29 is 27.8 Å². The minimum Gasteiger partial charge on any atom is -0.477 e. The van der Waals surface area contributed by atoms with Gasteiger partial charge in [-0.1, -0.05) is 0 Å². The number of carboxylic acids is 1. The first-order valence-corrected chi connectivity index (χ1v) is 10.8. The minimum absolute atomic E-state index is 0.00231. The quantitative estimate of drug-likeness (QED) is 0.700. The fraction of sp³-hybridized carbons (Fsp3) is 0.545. The van der Waals surface area contributed by atoms with Gasteiger partial charge in [-0.3, -0.25) is 4.79 Å². The van der Waals surface area contributed by atoms with E-state index in [1.807, 2.05) is 4.90 Å². The number of anilines is 1. The summed E-state index contributed by atoms with van der Waals surface area (Å²) in [7, 11) is 0. The number of nitrogens with zero attached hydrogens (tertiary/aromatic N) is 2. The number of aromatic carboxylic acids is 1. The van der Waals surface area contributed by atoms with Gasteiger partial charge in [-0.05, 0) is 43.7 Å². The summed E-state index contributed by atoms with van der Waals surface area (Å²) in [5.41, 5.74) is 5.25. The number of hydrogen-bond donors (Lipinski definition) is 2. The summed E-state index contributed by atoms with van der Waals surface area (Å²) in [4.78, 5) is 26.3. The molecule has 2 aliphatic carbocycles. The van der Waals surface area contributed by atoms with Gasteiger partial charge in [0.15, 0.2) is 5.75 Å². The summed E-state index contributed by atoms with van der Waals surface area (Å²) in [5, 5.41) is 9.33. The van der Waals surface area contributed by atoms with E-state index in [-0.39, 0.29) is 34.5 Å². The highest BCUT2D eigenvalue weighted by molar-refractivity contribution is 5.97. The number of nitrogens with two attached hydrogens (primary N) is 1. The second-order valence-electron chi connectivity index (χ2n) is 9.11. The van der Waals surface area contributed by atoms with E-state index in [4.69, 9.17) is 10.5 Å². The van der Waals surface area contributed by atoms with Crippen molar-refractivity contribution in [1.82, 2.24) is 4.57 Å². The number of alkyl halides is 3. The fourth-order valence-corrected chi connectivity index (χ4v) is 5.16. The summed E-state index contributed by atoms with van der Waals surface area (Å²) in [6.45, 7) is -2.02. The van der Waals surface area contributed by atoms with Gasteiger partial charge in [0.25, 0.3) is 0 Å². The first-order chi connectivity index (χ1) is 15.2. The Morgan fingerprint density at radius 3 is 2.59 bits per heavy atom. The van der Waals surface area contributed by atoms with Gasteiger partial charge in [0.1, 0.15) is 11.7 Å². The summed E-state index contributed by atoms with van der Waals surface area (Å²) < 4.78 is 47.1. The van der Waals surface area contributed by atoms with Crippen molar-refractivity contribution in [3.05, 3.63) is 34.1 Å². The van der Waals surface area contributed by atoms with Crippen molar-refractivity contribution in [2.45, 2.75) is 56.5 Å². The van der Waals surface area contributed by atoms with E-state index >= 15 is 0 Å². The third-order valence-corrected chi connectivity index (χ3v) is 7.23. The molecule has 0 bridgehead atoms. The predicted molar refractivity (Wildman–Crippen MR) is 111 cm³/mol. The van der Waals surface area contributed by atoms with Crippen molar-refractivity contribution in [3.8, 4) is 5.75 Å². The average Bonchev–Trinajstić information content (AvgIpc) is 3.23. The summed E-state index contributed by atoms with van der Waals surface area (Å²) in [5.74, 6) is -1.48. The lowest BCUT2D eigenvalue weighted by Gasteiger charge is -2.43. The second kappa shape index (κ2) is 7.40. The minimum atomic E-state index is -3.17. The molecule has 2 aromatic rings. The average molecular weight is 451 g/mol. The van der Waals surface area contributed by atoms with E-state index in [9.17, 15) is 27.9 Å². The number of halogens is 3. The number of aromatic nitrogens is 1. The summed E-state index contributed by atoms with van der Waals surface area (Å²) >= 11 is 0. The first kappa shape index (κ1) is 21.1. The molecule has 3 N–H and O–H groups in total. The molecule has 3 aliphatic rings. The van der Waals surface area contributed by atoms with Crippen LogP contribution < -0.4 is 20.8 Å². The van der Waals surface area contributed by atoms with Crippen LogP contribution in [0.25, 0.3) is 10.9 Å². The Labute approximate surface area is 181 Å². The molecule has 2 saturated carbocycles. The lowest BCUT2D eigenvalue weighted by atomic mass is 9.68. The van der Waals surface area contributed by atoms with Gasteiger partial charge in [-0.15, -0.1) is 0 Å². The van der Waals surface area contributed by atoms with E-state index < -0.39 is 35.8 Å². The zero-order valence-corrected chi connectivity index (χ0v) is 17.3. The summed E-state index contributed by atoms with van der Waals surface area (Å²) in [6.07, 6.45) is 3.64. The van der Waals surface area contributed by atoms with E-state index in [1.165, 1.54) is 16.7 Å². The van der Waals surface area contributed by atoms with Crippen LogP contribution in [-0.4, -0.2) is 47.1 Å². The Kier molecular flexibility index (Phi) is 4.88. The van der Waals surface area contributed by atoms with Crippen LogP contribution in [0.4, 0.5) is 18.9 Å². The summed E-state index contributed by atoms with van der Waals surface area (Å²) in [6, 6.07) is 2.18. The van der Waals surface area contributed by atoms with Crippen LogP contribution in [0.2, 0.25) is 0 Å². The Morgan fingerprint density at radius 2 is 2.03 bits per heavy atom. The molecular weight excluding hydrogens is 427 g/mol. The molecule has 1 saturated heterocycles. The van der Waals surface area contributed by atoms with Gasteiger partial charge < -0.3 is 25.0 Å². The lowest BCUT2D eigenvalue weighted by molar-refractivity contribution is -0.0487. The van der Waals surface area contributed by atoms with E-state index in [2.05, 4.69) is 0 Å². The number of rotatable bonds is 6. The molecule has 7 nitrogen and oxygen atoms in total. The molecular formula is C22H24F3N3O4. The van der Waals surface area contributed by atoms with E-state index in [1.54, 1.807) is 0 Å². The van der Waals surface area contributed by atoms with Crippen LogP contribution in [-0.2, 0) is 0 Å². The Balaban J connectivity index is 1.67. The molecule has 0 radical (unpaired) electrons. The van der Waals surface area contributed by atoms with Crippen molar-refractivity contribution in [2.75, 3.05) is 18.0 Å². The third kappa shape index (κ3) is 3.32. The molecule has 1 aliphatic heterocycles. The number of ether oxygens (including phenoxy) is 1. The SMILES string of the molecule is NC1([C@@H]2CCN(c3ccc4c(=O)c(C(=O)O)cn(C5C[C@@H]5F)c4c3OC(F)F)C2)CCC1. The van der Waals surface area contributed by atoms with Crippen molar-refractivity contribution in [1.29, 1.82) is 0 Å². The normalized spacial score (nSPS) is 26.4. The maximum absolute atomic E-state index is 14.0. The molecule has 0 spiro atoms. The third-order valence-electron chi connectivity index (χ3n) is 7.23. The molecule has 3 atom stereocenters. The van der Waals surface area contributed by atoms with Crippen LogP contribution in [0, 0.1) is 5.92 Å². The highest BCUT2D eigenvalue weighted by Crippen LogP contribution is 2.47. The number of benzene rings is 1. The van der Waals surface area contributed by atoms with Crippen LogP contribution in [0.5, 0.6) is 5.75 Å². The van der Waals surface area contributed by atoms with Crippen LogP contribution in [0.15, 0.2) is 23.1 Å². The molecule has 10 heteroatoms. The molecule has 1 aromatic heterocycles. The Hall–Kier alpha value is -2.75. The molecule has 1 aromatic carbocycles. The monoisotopic (exact) mass is 451 g/mol. The van der Waals surface area contributed by atoms with E-state index in [0.717, 1.165) is 31.9 Å². The molecule has 172 valence electrons. The van der Waals surface area contributed by atoms with Gasteiger partial charge in [-0.2, -0.15) is 8.78 Å². The molecule has 3 fully saturated rings. The number of fused-ring (bicyclic) bond motifs is 1. The zero-order valence-electron chi connectivity index (χ0n) is 17.3. The zero-order chi connectivity index (χ0) is 22.8. The topological polar surface area (TPSA) is 97.8 Å². The van der Waals surface area contributed by atoms with Crippen LogP contribution >= 0.6 is 0 Å².